The molecular formula is C30H38N10O10. The first-order valence-electron chi connectivity index (χ1n) is 15.4. The van der Waals surface area contributed by atoms with Crippen molar-refractivity contribution in [2.75, 3.05) is 17.6 Å². The minimum atomic E-state index is -1.51. The molecule has 3 amide bonds. The average molecular weight is 699 g/mol. The van der Waals surface area contributed by atoms with Gasteiger partial charge in [-0.2, -0.15) is 4.98 Å². The number of aromatic amines is 1. The van der Waals surface area contributed by atoms with Crippen molar-refractivity contribution in [1.29, 1.82) is 0 Å². The van der Waals surface area contributed by atoms with Crippen LogP contribution in [-0.4, -0.2) is 95.6 Å². The predicted molar refractivity (Wildman–Crippen MR) is 176 cm³/mol. The molecule has 3 aromatic rings. The normalized spacial score (nSPS) is 12.7. The van der Waals surface area contributed by atoms with Gasteiger partial charge in [0.15, 0.2) is 11.2 Å². The molecule has 2 aromatic heterocycles. The number of carboxylic acid groups (broad SMARTS) is 3. The van der Waals surface area contributed by atoms with E-state index >= 15 is 0 Å². The fraction of sp³-hybridized carbons (Fsp3) is 0.400. The summed E-state index contributed by atoms with van der Waals surface area (Å²) in [6.07, 6.45) is 1.00. The molecule has 3 rings (SSSR count). The van der Waals surface area contributed by atoms with Crippen molar-refractivity contribution in [2.45, 2.75) is 69.6 Å². The zero-order valence-electron chi connectivity index (χ0n) is 26.7. The number of carbonyl (C=O) groups excluding carboxylic acids is 3. The summed E-state index contributed by atoms with van der Waals surface area (Å²) < 4.78 is 0. The van der Waals surface area contributed by atoms with Crippen molar-refractivity contribution in [3.63, 3.8) is 0 Å². The number of hydrogen-bond donors (Lipinski definition) is 10. The highest BCUT2D eigenvalue weighted by Crippen LogP contribution is 2.13. The summed E-state index contributed by atoms with van der Waals surface area (Å²) in [6, 6.07) is 1.79. The molecule has 0 bridgehead atoms. The number of benzene rings is 1. The molecule has 0 aliphatic heterocycles. The number of unbranched alkanes of at least 4 members (excludes halogenated alkanes) is 1. The number of nitrogens with two attached hydrogens (primary N) is 2. The Morgan fingerprint density at radius 1 is 0.780 bits per heavy atom. The number of H-pyrrole nitrogens is 1. The Morgan fingerprint density at radius 2 is 1.34 bits per heavy atom. The summed E-state index contributed by atoms with van der Waals surface area (Å²) in [4.78, 5) is 99.0. The van der Waals surface area contributed by atoms with Crippen LogP contribution in [0.3, 0.4) is 0 Å². The quantitative estimate of drug-likeness (QED) is 0.0627. The van der Waals surface area contributed by atoms with Gasteiger partial charge in [-0.15, -0.1) is 0 Å². The summed E-state index contributed by atoms with van der Waals surface area (Å²) in [5.41, 5.74) is 11.6. The van der Waals surface area contributed by atoms with Crippen LogP contribution in [-0.2, 0) is 30.5 Å². The Hall–Kier alpha value is -6.18. The van der Waals surface area contributed by atoms with Crippen LogP contribution in [0, 0.1) is 0 Å². The number of aliphatic carboxylic acids is 3. The minimum absolute atomic E-state index is 0.0137. The van der Waals surface area contributed by atoms with Crippen LogP contribution < -0.4 is 38.3 Å². The molecule has 0 aliphatic carbocycles. The van der Waals surface area contributed by atoms with Crippen LogP contribution in [0.15, 0.2) is 35.3 Å². The van der Waals surface area contributed by atoms with E-state index in [9.17, 15) is 48.9 Å². The molecule has 0 spiro atoms. The zero-order valence-corrected chi connectivity index (χ0v) is 26.7. The van der Waals surface area contributed by atoms with Crippen LogP contribution in [0.2, 0.25) is 0 Å². The summed E-state index contributed by atoms with van der Waals surface area (Å²) in [6.45, 7) is 0.526. The van der Waals surface area contributed by atoms with Crippen molar-refractivity contribution in [3.8, 4) is 0 Å². The van der Waals surface area contributed by atoms with Gasteiger partial charge in [-0.1, -0.05) is 0 Å². The fourth-order valence-electron chi connectivity index (χ4n) is 4.58. The Balaban J connectivity index is 1.48. The van der Waals surface area contributed by atoms with E-state index in [0.717, 1.165) is 0 Å². The lowest BCUT2D eigenvalue weighted by Gasteiger charge is -2.18. The fourth-order valence-corrected chi connectivity index (χ4v) is 4.58. The van der Waals surface area contributed by atoms with Crippen molar-refractivity contribution in [3.05, 3.63) is 52.1 Å². The molecule has 0 fully saturated rings. The average Bonchev–Trinajstić information content (AvgIpc) is 3.07. The molecule has 3 unspecified atom stereocenters. The molecule has 12 N–H and O–H groups in total. The lowest BCUT2D eigenvalue weighted by molar-refractivity contribution is -0.143. The van der Waals surface area contributed by atoms with E-state index in [1.807, 2.05) is 0 Å². The number of carboxylic acids is 3. The number of rotatable bonds is 20. The van der Waals surface area contributed by atoms with Gasteiger partial charge in [0.25, 0.3) is 11.5 Å². The number of nitrogens with one attached hydrogen (secondary N) is 5. The van der Waals surface area contributed by atoms with Gasteiger partial charge in [0, 0.05) is 24.1 Å². The highest BCUT2D eigenvalue weighted by atomic mass is 16.4. The van der Waals surface area contributed by atoms with Crippen molar-refractivity contribution < 1.29 is 44.1 Å². The highest BCUT2D eigenvalue weighted by Gasteiger charge is 2.26. The van der Waals surface area contributed by atoms with Crippen LogP contribution in [0.5, 0.6) is 0 Å². The van der Waals surface area contributed by atoms with Gasteiger partial charge >= 0.3 is 17.9 Å². The third-order valence-electron chi connectivity index (χ3n) is 7.24. The van der Waals surface area contributed by atoms with Crippen LogP contribution >= 0.6 is 0 Å². The monoisotopic (exact) mass is 698 g/mol. The lowest BCUT2D eigenvalue weighted by atomic mass is 10.1. The first-order valence-corrected chi connectivity index (χ1v) is 15.4. The van der Waals surface area contributed by atoms with Gasteiger partial charge in [0.2, 0.25) is 17.8 Å². The van der Waals surface area contributed by atoms with Gasteiger partial charge < -0.3 is 48.1 Å². The first-order chi connectivity index (χ1) is 23.8. The van der Waals surface area contributed by atoms with E-state index in [1.165, 1.54) is 18.3 Å². The van der Waals surface area contributed by atoms with Crippen LogP contribution in [0.4, 0.5) is 11.6 Å². The molecule has 50 heavy (non-hydrogen) atoms. The molecule has 20 nitrogen and oxygen atoms in total. The van der Waals surface area contributed by atoms with Crippen molar-refractivity contribution >= 4 is 58.4 Å². The second kappa shape index (κ2) is 18.4. The zero-order chi connectivity index (χ0) is 36.8. The molecule has 20 heteroatoms. The maximum atomic E-state index is 12.8. The molecule has 0 aliphatic rings. The standard InChI is InChI=1S/C30H38N10O10/c31-12-2-1-3-18(27(45)46)36-21(41)10-8-19(28(47)48)37-22(42)11-9-20(29(49)50)38-25(43)15-4-6-16(7-5-15)33-13-17-14-34-24-23(35-17)26(44)40-30(32)39-24/h4-7,14,18-20,33H,1-3,8-13,31H2,(H,36,41)(H,37,42)(H,38,43)(H,45,46)(H,47,48)(H,49,50)(H3,32,34,39,40,44). The highest BCUT2D eigenvalue weighted by molar-refractivity contribution is 5.97. The van der Waals surface area contributed by atoms with Gasteiger partial charge in [-0.25, -0.2) is 24.4 Å². The molecular weight excluding hydrogens is 660 g/mol. The molecule has 0 saturated carbocycles. The largest absolute Gasteiger partial charge is 0.480 e. The van der Waals surface area contributed by atoms with Crippen molar-refractivity contribution in [1.82, 2.24) is 35.9 Å². The van der Waals surface area contributed by atoms with Crippen molar-refractivity contribution in [2.24, 2.45) is 5.73 Å². The second-order valence-electron chi connectivity index (χ2n) is 11.1. The SMILES string of the molecule is NCCCCC(NC(=O)CCC(NC(=O)CCC(NC(=O)c1ccc(NCc2cnc3nc(N)[nH]c(=O)c3n2)cc1)C(=O)O)C(=O)O)C(=O)O. The summed E-state index contributed by atoms with van der Waals surface area (Å²) in [5.74, 6) is -6.51. The summed E-state index contributed by atoms with van der Waals surface area (Å²) >= 11 is 0. The minimum Gasteiger partial charge on any atom is -0.480 e. The molecule has 0 radical (unpaired) electrons. The molecule has 268 valence electrons. The number of aromatic nitrogens is 4. The van der Waals surface area contributed by atoms with E-state index in [1.54, 1.807) is 12.1 Å². The third kappa shape index (κ3) is 11.8. The van der Waals surface area contributed by atoms with E-state index in [2.05, 4.69) is 41.2 Å². The smallest absolute Gasteiger partial charge is 0.326 e. The molecule has 3 atom stereocenters. The number of carbonyl (C=O) groups is 6. The van der Waals surface area contributed by atoms with E-state index in [0.29, 0.717) is 30.8 Å². The maximum Gasteiger partial charge on any atom is 0.326 e. The predicted octanol–water partition coefficient (Wildman–Crippen LogP) is -1.08. The van der Waals surface area contributed by atoms with E-state index in [4.69, 9.17) is 11.5 Å². The number of amides is 3. The Morgan fingerprint density at radius 3 is 1.90 bits per heavy atom. The lowest BCUT2D eigenvalue weighted by Crippen LogP contribution is -2.45. The van der Waals surface area contributed by atoms with E-state index in [-0.39, 0.29) is 48.5 Å². The molecule has 1 aromatic carbocycles. The number of fused-ring (bicyclic) bond motifs is 1. The topological polar surface area (TPSA) is 335 Å². The first kappa shape index (κ1) is 38.3. The van der Waals surface area contributed by atoms with Crippen LogP contribution in [0.25, 0.3) is 11.2 Å². The number of nitrogen functional groups attached to an aromatic ring is 1. The Kier molecular flexibility index (Phi) is 14.1. The summed E-state index contributed by atoms with van der Waals surface area (Å²) in [7, 11) is 0. The number of nitrogens with zero attached hydrogens (tertiary/aromatic N) is 3. The third-order valence-corrected chi connectivity index (χ3v) is 7.24. The molecule has 0 saturated heterocycles. The number of hydrogen-bond acceptors (Lipinski definition) is 13. The second-order valence-corrected chi connectivity index (χ2v) is 11.1. The Bertz CT molecular complexity index is 1770. The Labute approximate surface area is 283 Å². The maximum absolute atomic E-state index is 12.8. The molecule has 2 heterocycles. The van der Waals surface area contributed by atoms with Gasteiger partial charge in [-0.05, 0) is 62.9 Å². The van der Waals surface area contributed by atoms with Gasteiger partial charge in [-0.3, -0.25) is 24.2 Å². The van der Waals surface area contributed by atoms with Gasteiger partial charge in [0.1, 0.15) is 18.1 Å². The van der Waals surface area contributed by atoms with E-state index < -0.39 is 72.2 Å². The van der Waals surface area contributed by atoms with Crippen LogP contribution in [0.1, 0.15) is 61.0 Å². The van der Waals surface area contributed by atoms with Gasteiger partial charge in [0.05, 0.1) is 18.4 Å². The summed E-state index contributed by atoms with van der Waals surface area (Å²) in [5, 5.41) is 38.3. The number of anilines is 2.